The minimum atomic E-state index is -0.904. The van der Waals surface area contributed by atoms with E-state index in [0.29, 0.717) is 29.7 Å². The number of ether oxygens (including phenoxy) is 1. The van der Waals surface area contributed by atoms with Gasteiger partial charge in [-0.15, -0.1) is 11.3 Å². The fourth-order valence-corrected chi connectivity index (χ4v) is 8.29. The SMILES string of the molecule is [C-]#[N+]c1c(N)sc2c(F)ccc(-c3ccc4c(N(C)[C@@H]5CCN[C@@H]5C)nc(OC[C@@]56CCCN5C[C@H](F)C6)nc4c3F)c12. The second kappa shape index (κ2) is 10.5. The lowest BCUT2D eigenvalue weighted by molar-refractivity contribution is 0.107. The molecule has 3 N–H and O–H groups in total. The van der Waals surface area contributed by atoms with Crippen molar-refractivity contribution in [3.05, 3.63) is 47.3 Å². The van der Waals surface area contributed by atoms with Crippen LogP contribution >= 0.6 is 11.3 Å². The van der Waals surface area contributed by atoms with E-state index in [9.17, 15) is 8.78 Å². The van der Waals surface area contributed by atoms with E-state index in [2.05, 4.69) is 27.0 Å². The summed E-state index contributed by atoms with van der Waals surface area (Å²) in [6, 6.07) is 6.46. The summed E-state index contributed by atoms with van der Waals surface area (Å²) in [6.45, 7) is 12.0. The number of nitrogens with zero attached hydrogens (tertiary/aromatic N) is 5. The van der Waals surface area contributed by atoms with E-state index in [-0.39, 0.29) is 56.6 Å². The van der Waals surface area contributed by atoms with Gasteiger partial charge >= 0.3 is 6.01 Å². The number of thiophene rings is 1. The van der Waals surface area contributed by atoms with Gasteiger partial charge in [-0.05, 0) is 57.0 Å². The van der Waals surface area contributed by atoms with Crippen LogP contribution in [-0.2, 0) is 0 Å². The van der Waals surface area contributed by atoms with Crippen LogP contribution in [0.4, 0.5) is 29.7 Å². The van der Waals surface area contributed by atoms with Crippen LogP contribution in [-0.4, -0.2) is 72.0 Å². The van der Waals surface area contributed by atoms with Crippen molar-refractivity contribution in [1.29, 1.82) is 0 Å². The number of likely N-dealkylation sites (N-methyl/N-ethyl adjacent to an activating group) is 1. The predicted octanol–water partition coefficient (Wildman–Crippen LogP) is 6.06. The van der Waals surface area contributed by atoms with E-state index in [1.165, 1.54) is 12.1 Å². The fraction of sp³-hybridized carbons (Fsp3) is 0.452. The largest absolute Gasteiger partial charge is 0.461 e. The summed E-state index contributed by atoms with van der Waals surface area (Å²) in [5, 5.41) is 4.43. The van der Waals surface area contributed by atoms with Crippen molar-refractivity contribution in [2.45, 2.75) is 56.4 Å². The molecule has 2 aromatic carbocycles. The van der Waals surface area contributed by atoms with Gasteiger partial charge in [-0.2, -0.15) is 9.97 Å². The standard InChI is InChI=1S/C31H32F3N7OS/c1-16-22(9-11-37-16)40(3)29-20-6-5-19(18-7-8-21(33)27-23(18)26(36-2)28(35)43-27)24(34)25(20)38-30(39-29)42-15-31-10-4-12-41(31)14-17(32)13-31/h5-8,16-17,22,37H,4,9-15,35H2,1,3H3/t16-,17-,22-,31+/m1/s1. The Hall–Kier alpha value is -3.66. The maximum atomic E-state index is 16.7. The summed E-state index contributed by atoms with van der Waals surface area (Å²) in [4.78, 5) is 17.1. The number of benzene rings is 2. The first kappa shape index (κ1) is 28.1. The minimum absolute atomic E-state index is 0.0263. The summed E-state index contributed by atoms with van der Waals surface area (Å²) in [5.74, 6) is -0.612. The summed E-state index contributed by atoms with van der Waals surface area (Å²) < 4.78 is 52.3. The third-order valence-electron chi connectivity index (χ3n) is 9.51. The molecule has 2 aromatic heterocycles. The van der Waals surface area contributed by atoms with E-state index in [0.717, 1.165) is 43.7 Å². The van der Waals surface area contributed by atoms with E-state index < -0.39 is 23.3 Å². The van der Waals surface area contributed by atoms with Crippen LogP contribution in [0.5, 0.6) is 6.01 Å². The number of halogens is 3. The minimum Gasteiger partial charge on any atom is -0.461 e. The molecule has 0 bridgehead atoms. The van der Waals surface area contributed by atoms with Gasteiger partial charge in [0.1, 0.15) is 29.9 Å². The van der Waals surface area contributed by atoms with Crippen molar-refractivity contribution in [2.75, 3.05) is 43.9 Å². The summed E-state index contributed by atoms with van der Waals surface area (Å²) in [6.07, 6.45) is 2.18. The molecular weight excluding hydrogens is 575 g/mol. The van der Waals surface area contributed by atoms with Gasteiger partial charge in [-0.1, -0.05) is 12.1 Å². The molecule has 43 heavy (non-hydrogen) atoms. The first-order chi connectivity index (χ1) is 20.7. The van der Waals surface area contributed by atoms with E-state index >= 15 is 4.39 Å². The number of nitrogen functional groups attached to an aromatic ring is 1. The van der Waals surface area contributed by atoms with Crippen molar-refractivity contribution in [2.24, 2.45) is 0 Å². The first-order valence-electron chi connectivity index (χ1n) is 14.6. The zero-order valence-electron chi connectivity index (χ0n) is 24.0. The van der Waals surface area contributed by atoms with E-state index in [1.807, 2.05) is 11.9 Å². The van der Waals surface area contributed by atoms with Crippen LogP contribution in [0.2, 0.25) is 0 Å². The van der Waals surface area contributed by atoms with Crippen LogP contribution in [0.1, 0.15) is 32.6 Å². The molecule has 4 atom stereocenters. The number of nitrogens with one attached hydrogen (secondary N) is 1. The highest BCUT2D eigenvalue weighted by atomic mass is 32.1. The average molecular weight is 608 g/mol. The molecule has 12 heteroatoms. The summed E-state index contributed by atoms with van der Waals surface area (Å²) >= 11 is 0.975. The normalized spacial score (nSPS) is 25.4. The van der Waals surface area contributed by atoms with Gasteiger partial charge in [0.2, 0.25) is 5.69 Å². The Morgan fingerprint density at radius 2 is 2.07 bits per heavy atom. The molecule has 0 amide bonds. The number of rotatable bonds is 6. The van der Waals surface area contributed by atoms with Crippen molar-refractivity contribution in [1.82, 2.24) is 20.2 Å². The van der Waals surface area contributed by atoms with Gasteiger partial charge in [0.25, 0.3) is 0 Å². The van der Waals surface area contributed by atoms with Gasteiger partial charge in [-0.25, -0.2) is 18.0 Å². The molecule has 5 heterocycles. The topological polar surface area (TPSA) is 83.9 Å². The Kier molecular flexibility index (Phi) is 6.87. The second-order valence-corrected chi connectivity index (χ2v) is 13.0. The van der Waals surface area contributed by atoms with Gasteiger partial charge < -0.3 is 20.7 Å². The third-order valence-corrected chi connectivity index (χ3v) is 10.5. The van der Waals surface area contributed by atoms with Gasteiger partial charge in [0, 0.05) is 48.4 Å². The van der Waals surface area contributed by atoms with Crippen LogP contribution in [0.25, 0.3) is 37.0 Å². The highest BCUT2D eigenvalue weighted by Gasteiger charge is 2.49. The molecular formula is C31H32F3N7OS. The molecule has 0 radical (unpaired) electrons. The Bertz CT molecular complexity index is 1790. The molecule has 7 rings (SSSR count). The number of anilines is 2. The van der Waals surface area contributed by atoms with Crippen molar-refractivity contribution >= 4 is 48.8 Å². The lowest BCUT2D eigenvalue weighted by atomic mass is 9.95. The number of aromatic nitrogens is 2. The van der Waals surface area contributed by atoms with Crippen molar-refractivity contribution in [3.63, 3.8) is 0 Å². The number of alkyl halides is 1. The number of hydrogen-bond donors (Lipinski definition) is 2. The molecule has 0 spiro atoms. The highest BCUT2D eigenvalue weighted by molar-refractivity contribution is 7.23. The first-order valence-corrected chi connectivity index (χ1v) is 15.4. The Labute approximate surface area is 251 Å². The molecule has 3 saturated heterocycles. The zero-order chi connectivity index (χ0) is 30.0. The quantitative estimate of drug-likeness (QED) is 0.258. The Balaban J connectivity index is 1.37. The average Bonchev–Trinajstić information content (AvgIpc) is 3.74. The van der Waals surface area contributed by atoms with Crippen LogP contribution in [0.15, 0.2) is 24.3 Å². The molecule has 0 aliphatic carbocycles. The molecule has 3 fully saturated rings. The Morgan fingerprint density at radius 3 is 2.84 bits per heavy atom. The number of nitrogens with two attached hydrogens (primary N) is 1. The maximum Gasteiger partial charge on any atom is 0.319 e. The molecule has 0 unspecified atom stereocenters. The number of fused-ring (bicyclic) bond motifs is 3. The molecule has 4 aromatic rings. The predicted molar refractivity (Wildman–Crippen MR) is 164 cm³/mol. The van der Waals surface area contributed by atoms with Crippen LogP contribution in [0.3, 0.4) is 0 Å². The summed E-state index contributed by atoms with van der Waals surface area (Å²) in [5.41, 5.74) is 6.33. The van der Waals surface area contributed by atoms with Gasteiger partial charge in [0.05, 0.1) is 21.8 Å². The van der Waals surface area contributed by atoms with Crippen LogP contribution < -0.4 is 20.7 Å². The van der Waals surface area contributed by atoms with Crippen LogP contribution in [0, 0.1) is 18.2 Å². The molecule has 0 saturated carbocycles. The van der Waals surface area contributed by atoms with Gasteiger partial charge in [-0.3, -0.25) is 4.90 Å². The molecule has 8 nitrogen and oxygen atoms in total. The van der Waals surface area contributed by atoms with E-state index in [4.69, 9.17) is 22.0 Å². The highest BCUT2D eigenvalue weighted by Crippen LogP contribution is 2.47. The molecule has 3 aliphatic heterocycles. The summed E-state index contributed by atoms with van der Waals surface area (Å²) in [7, 11) is 1.94. The fourth-order valence-electron chi connectivity index (χ4n) is 7.35. The van der Waals surface area contributed by atoms with Crippen molar-refractivity contribution in [3.8, 4) is 17.1 Å². The molecule has 3 aliphatic rings. The van der Waals surface area contributed by atoms with Crippen molar-refractivity contribution < 1.29 is 17.9 Å². The number of hydrogen-bond acceptors (Lipinski definition) is 8. The smallest absolute Gasteiger partial charge is 0.319 e. The lowest BCUT2D eigenvalue weighted by Crippen LogP contribution is -2.43. The molecule has 224 valence electrons. The second-order valence-electron chi connectivity index (χ2n) is 12.0. The monoisotopic (exact) mass is 607 g/mol. The maximum absolute atomic E-state index is 16.7. The Morgan fingerprint density at radius 1 is 1.26 bits per heavy atom. The third kappa shape index (κ3) is 4.48. The zero-order valence-corrected chi connectivity index (χ0v) is 24.8. The lowest BCUT2D eigenvalue weighted by Gasteiger charge is -2.32. The van der Waals surface area contributed by atoms with E-state index in [1.54, 1.807) is 12.1 Å². The van der Waals surface area contributed by atoms with Gasteiger partial charge in [0.15, 0.2) is 5.82 Å².